The van der Waals surface area contributed by atoms with Crippen LogP contribution < -0.4 is 5.73 Å². The Morgan fingerprint density at radius 3 is 2.73 bits per heavy atom. The molecule has 1 unspecified atom stereocenters. The van der Waals surface area contributed by atoms with Crippen LogP contribution in [0.15, 0.2) is 24.3 Å². The van der Waals surface area contributed by atoms with Crippen LogP contribution in [0.25, 0.3) is 0 Å². The fourth-order valence-electron chi connectivity index (χ4n) is 2.84. The van der Waals surface area contributed by atoms with Crippen molar-refractivity contribution in [2.24, 2.45) is 5.73 Å². The van der Waals surface area contributed by atoms with E-state index in [2.05, 4.69) is 0 Å². The van der Waals surface area contributed by atoms with Crippen LogP contribution in [0.5, 0.6) is 0 Å². The largest absolute Gasteiger partial charge is 0.462 e. The highest BCUT2D eigenvalue weighted by molar-refractivity contribution is 5.80. The third-order valence-corrected chi connectivity index (χ3v) is 4.10. The summed E-state index contributed by atoms with van der Waals surface area (Å²) >= 11 is 0. The number of aliphatic hydroxyl groups excluding tert-OH is 1. The molecule has 2 fully saturated rings. The van der Waals surface area contributed by atoms with E-state index in [0.29, 0.717) is 6.54 Å². The van der Waals surface area contributed by atoms with E-state index in [1.165, 1.54) is 0 Å². The van der Waals surface area contributed by atoms with Gasteiger partial charge in [-0.2, -0.15) is 5.06 Å². The summed E-state index contributed by atoms with van der Waals surface area (Å²) in [6.45, 7) is 6.26. The first kappa shape index (κ1) is 16.9. The maximum atomic E-state index is 11.9. The number of hydrogen-bond acceptors (Lipinski definition) is 6. The molecule has 3 atom stereocenters. The molecular formula is C16H24N2O4. The standard InChI is InChI=1S/C14H18N2O4.C2H6/c1-9-4-2-3-5-10(9)6-16-12-13(18)19-8-14(12,15)11(7-17)20-16;1-2/h2-5,11-12,17H,6-8,15H2,1H3;1-2H3/t11?,12-,14+;/m1./s1. The first-order valence-corrected chi connectivity index (χ1v) is 7.60. The number of benzene rings is 1. The Morgan fingerprint density at radius 1 is 1.41 bits per heavy atom. The summed E-state index contributed by atoms with van der Waals surface area (Å²) < 4.78 is 5.06. The van der Waals surface area contributed by atoms with E-state index >= 15 is 0 Å². The molecule has 0 bridgehead atoms. The number of ether oxygens (including phenoxy) is 1. The second-order valence-electron chi connectivity index (χ2n) is 5.40. The van der Waals surface area contributed by atoms with Gasteiger partial charge in [-0.1, -0.05) is 38.1 Å². The minimum absolute atomic E-state index is 0.0754. The second kappa shape index (κ2) is 6.75. The minimum atomic E-state index is -0.978. The fourth-order valence-corrected chi connectivity index (χ4v) is 2.84. The number of aliphatic hydroxyl groups is 1. The first-order valence-electron chi connectivity index (χ1n) is 7.60. The molecule has 22 heavy (non-hydrogen) atoms. The Balaban J connectivity index is 0.000000847. The van der Waals surface area contributed by atoms with Crippen molar-refractivity contribution in [2.45, 2.75) is 45.0 Å². The number of nitrogens with two attached hydrogens (primary N) is 1. The van der Waals surface area contributed by atoms with Gasteiger partial charge in [-0.3, -0.25) is 9.63 Å². The molecular weight excluding hydrogens is 284 g/mol. The Labute approximate surface area is 130 Å². The number of carbonyl (C=O) groups is 1. The number of cyclic esters (lactones) is 1. The number of hydroxylamine groups is 2. The van der Waals surface area contributed by atoms with E-state index in [0.717, 1.165) is 11.1 Å². The van der Waals surface area contributed by atoms with Crippen molar-refractivity contribution in [3.8, 4) is 0 Å². The van der Waals surface area contributed by atoms with Crippen LogP contribution in [0.3, 0.4) is 0 Å². The van der Waals surface area contributed by atoms with Crippen molar-refractivity contribution in [2.75, 3.05) is 13.2 Å². The van der Waals surface area contributed by atoms with Crippen LogP contribution in [0.2, 0.25) is 0 Å². The summed E-state index contributed by atoms with van der Waals surface area (Å²) in [7, 11) is 0. The highest BCUT2D eigenvalue weighted by atomic mass is 16.7. The highest BCUT2D eigenvalue weighted by Crippen LogP contribution is 2.36. The lowest BCUT2D eigenvalue weighted by atomic mass is 9.89. The molecule has 3 rings (SSSR count). The molecule has 1 aromatic rings. The van der Waals surface area contributed by atoms with Crippen LogP contribution in [-0.4, -0.2) is 47.0 Å². The van der Waals surface area contributed by atoms with E-state index in [1.54, 1.807) is 5.06 Å². The molecule has 6 heteroatoms. The number of aryl methyl sites for hydroxylation is 1. The first-order chi connectivity index (χ1) is 10.6. The molecule has 2 aliphatic heterocycles. The third kappa shape index (κ3) is 2.75. The van der Waals surface area contributed by atoms with Crippen molar-refractivity contribution in [3.63, 3.8) is 0 Å². The summed E-state index contributed by atoms with van der Waals surface area (Å²) in [5.41, 5.74) is 7.40. The van der Waals surface area contributed by atoms with Gasteiger partial charge in [-0.25, -0.2) is 0 Å². The zero-order chi connectivity index (χ0) is 16.3. The number of carbonyl (C=O) groups excluding carboxylic acids is 1. The lowest BCUT2D eigenvalue weighted by molar-refractivity contribution is -0.193. The van der Waals surface area contributed by atoms with Gasteiger partial charge in [0.25, 0.3) is 0 Å². The molecule has 0 radical (unpaired) electrons. The van der Waals surface area contributed by atoms with Gasteiger partial charge in [0.2, 0.25) is 0 Å². The highest BCUT2D eigenvalue weighted by Gasteiger charge is 2.62. The van der Waals surface area contributed by atoms with Crippen LogP contribution in [0.4, 0.5) is 0 Å². The predicted octanol–water partition coefficient (Wildman–Crippen LogP) is 0.752. The van der Waals surface area contributed by atoms with Crippen molar-refractivity contribution in [3.05, 3.63) is 35.4 Å². The fraction of sp³-hybridized carbons (Fsp3) is 0.562. The number of rotatable bonds is 3. The topological polar surface area (TPSA) is 85.0 Å². The molecule has 2 aliphatic rings. The lowest BCUT2D eigenvalue weighted by Gasteiger charge is -2.22. The van der Waals surface area contributed by atoms with Gasteiger partial charge in [0.05, 0.1) is 13.2 Å². The van der Waals surface area contributed by atoms with E-state index in [-0.39, 0.29) is 13.2 Å². The smallest absolute Gasteiger partial charge is 0.328 e. The maximum Gasteiger partial charge on any atom is 0.328 e. The molecule has 122 valence electrons. The van der Waals surface area contributed by atoms with Crippen LogP contribution >= 0.6 is 0 Å². The number of nitrogens with zero attached hydrogens (tertiary/aromatic N) is 1. The van der Waals surface area contributed by atoms with Gasteiger partial charge in [0.15, 0.2) is 6.04 Å². The number of esters is 1. The maximum absolute atomic E-state index is 11.9. The summed E-state index contributed by atoms with van der Waals surface area (Å²) in [5, 5.41) is 10.9. The van der Waals surface area contributed by atoms with Crippen LogP contribution in [-0.2, 0) is 20.9 Å². The summed E-state index contributed by atoms with van der Waals surface area (Å²) in [5.74, 6) is -0.392. The van der Waals surface area contributed by atoms with Gasteiger partial charge in [0, 0.05) is 0 Å². The van der Waals surface area contributed by atoms with Crippen molar-refractivity contribution < 1.29 is 19.5 Å². The van der Waals surface area contributed by atoms with Gasteiger partial charge in [-0.15, -0.1) is 0 Å². The quantitative estimate of drug-likeness (QED) is 0.802. The van der Waals surface area contributed by atoms with Gasteiger partial charge in [0.1, 0.15) is 18.2 Å². The van der Waals surface area contributed by atoms with E-state index in [9.17, 15) is 9.90 Å². The molecule has 0 amide bonds. The monoisotopic (exact) mass is 308 g/mol. The molecule has 0 saturated carbocycles. The van der Waals surface area contributed by atoms with Crippen molar-refractivity contribution in [1.82, 2.24) is 5.06 Å². The molecule has 0 spiro atoms. The second-order valence-corrected chi connectivity index (χ2v) is 5.40. The Morgan fingerprint density at radius 2 is 2.09 bits per heavy atom. The normalized spacial score (nSPS) is 30.5. The summed E-state index contributed by atoms with van der Waals surface area (Å²) in [6.07, 6.45) is -0.622. The predicted molar refractivity (Wildman–Crippen MR) is 81.7 cm³/mol. The zero-order valence-electron chi connectivity index (χ0n) is 13.3. The Kier molecular flexibility index (Phi) is 5.18. The Bertz CT molecular complexity index is 537. The van der Waals surface area contributed by atoms with Crippen molar-refractivity contribution in [1.29, 1.82) is 0 Å². The summed E-state index contributed by atoms with van der Waals surface area (Å²) in [4.78, 5) is 17.6. The molecule has 2 heterocycles. The van der Waals surface area contributed by atoms with E-state index in [1.807, 2.05) is 45.0 Å². The van der Waals surface area contributed by atoms with Crippen LogP contribution in [0.1, 0.15) is 25.0 Å². The van der Waals surface area contributed by atoms with E-state index < -0.39 is 23.7 Å². The molecule has 3 N–H and O–H groups in total. The molecule has 0 aliphatic carbocycles. The zero-order valence-corrected chi connectivity index (χ0v) is 13.3. The molecule has 2 saturated heterocycles. The van der Waals surface area contributed by atoms with Gasteiger partial charge >= 0.3 is 5.97 Å². The number of fused-ring (bicyclic) bond motifs is 1. The third-order valence-electron chi connectivity index (χ3n) is 4.10. The molecule has 0 aromatic heterocycles. The number of hydrogen-bond donors (Lipinski definition) is 2. The SMILES string of the molecule is CC.Cc1ccccc1CN1OC(CO)[C@@]2(N)COC(=O)[C@@H]12. The minimum Gasteiger partial charge on any atom is -0.462 e. The summed E-state index contributed by atoms with van der Waals surface area (Å²) in [6, 6.07) is 7.20. The molecule has 6 nitrogen and oxygen atoms in total. The lowest BCUT2D eigenvalue weighted by Crippen LogP contribution is -2.58. The van der Waals surface area contributed by atoms with Gasteiger partial charge in [-0.05, 0) is 18.1 Å². The average Bonchev–Trinajstić information content (AvgIpc) is 2.98. The van der Waals surface area contributed by atoms with Gasteiger partial charge < -0.3 is 15.6 Å². The average molecular weight is 308 g/mol. The van der Waals surface area contributed by atoms with Crippen LogP contribution in [0, 0.1) is 6.92 Å². The molecule has 1 aromatic carbocycles. The van der Waals surface area contributed by atoms with E-state index in [4.69, 9.17) is 15.3 Å². The Hall–Kier alpha value is -1.47. The van der Waals surface area contributed by atoms with Crippen molar-refractivity contribution >= 4 is 5.97 Å².